The van der Waals surface area contributed by atoms with Crippen LogP contribution in [0.1, 0.15) is 38.5 Å². The van der Waals surface area contributed by atoms with Gasteiger partial charge in [0, 0.05) is 6.54 Å². The second-order valence-corrected chi connectivity index (χ2v) is 5.48. The van der Waals surface area contributed by atoms with Gasteiger partial charge in [0.1, 0.15) is 6.04 Å². The molecule has 6 nitrogen and oxygen atoms in total. The van der Waals surface area contributed by atoms with Crippen LogP contribution in [-0.2, 0) is 4.79 Å². The molecule has 0 bridgehead atoms. The Bertz CT molecular complexity index is 344. The minimum absolute atomic E-state index is 0.0609. The van der Waals surface area contributed by atoms with Gasteiger partial charge in [-0.15, -0.1) is 0 Å². The standard InChI is InChI=1S/C13H22N2O4/c16-8-10-4-2-1-3-7-15(10)13(19)14-11(12(17)18)9-5-6-9/h9-11,16H,1-8H2,(H,14,19)(H,17,18). The number of carbonyl (C=O) groups excluding carboxylic acids is 1. The lowest BCUT2D eigenvalue weighted by Gasteiger charge is -2.30. The summed E-state index contributed by atoms with van der Waals surface area (Å²) < 4.78 is 0. The zero-order valence-corrected chi connectivity index (χ0v) is 11.0. The van der Waals surface area contributed by atoms with E-state index in [0.29, 0.717) is 6.54 Å². The summed E-state index contributed by atoms with van der Waals surface area (Å²) in [4.78, 5) is 24.9. The maximum absolute atomic E-state index is 12.2. The van der Waals surface area contributed by atoms with E-state index in [9.17, 15) is 14.7 Å². The molecule has 108 valence electrons. The first-order valence-corrected chi connectivity index (χ1v) is 7.04. The van der Waals surface area contributed by atoms with Crippen LogP contribution in [0.25, 0.3) is 0 Å². The third-order valence-electron chi connectivity index (χ3n) is 3.99. The predicted molar refractivity (Wildman–Crippen MR) is 68.7 cm³/mol. The van der Waals surface area contributed by atoms with Crippen LogP contribution < -0.4 is 5.32 Å². The predicted octanol–water partition coefficient (Wildman–Crippen LogP) is 0.796. The summed E-state index contributed by atoms with van der Waals surface area (Å²) in [7, 11) is 0. The topological polar surface area (TPSA) is 89.9 Å². The lowest BCUT2D eigenvalue weighted by Crippen LogP contribution is -2.52. The number of nitrogens with zero attached hydrogens (tertiary/aromatic N) is 1. The Kier molecular flexibility index (Phi) is 4.63. The number of carboxylic acid groups (broad SMARTS) is 1. The minimum atomic E-state index is -0.966. The quantitative estimate of drug-likeness (QED) is 0.704. The Morgan fingerprint density at radius 1 is 1.21 bits per heavy atom. The number of aliphatic hydroxyl groups is 1. The molecule has 2 amide bonds. The molecule has 0 spiro atoms. The number of aliphatic carboxylic acids is 1. The number of aliphatic hydroxyl groups excluding tert-OH is 1. The van der Waals surface area contributed by atoms with Crippen molar-refractivity contribution in [3.05, 3.63) is 0 Å². The molecule has 3 N–H and O–H groups in total. The van der Waals surface area contributed by atoms with Crippen molar-refractivity contribution in [3.63, 3.8) is 0 Å². The summed E-state index contributed by atoms with van der Waals surface area (Å²) in [6.07, 6.45) is 5.46. The van der Waals surface area contributed by atoms with Gasteiger partial charge in [-0.1, -0.05) is 12.8 Å². The first-order chi connectivity index (χ1) is 9.13. The van der Waals surface area contributed by atoms with E-state index in [2.05, 4.69) is 5.32 Å². The molecule has 2 rings (SSSR count). The average Bonchev–Trinajstić information content (AvgIpc) is 3.20. The maximum Gasteiger partial charge on any atom is 0.326 e. The molecule has 0 aromatic carbocycles. The monoisotopic (exact) mass is 270 g/mol. The number of nitrogens with one attached hydrogen (secondary N) is 1. The van der Waals surface area contributed by atoms with Crippen molar-refractivity contribution in [2.24, 2.45) is 5.92 Å². The number of hydrogen-bond donors (Lipinski definition) is 3. The number of urea groups is 1. The Balaban J connectivity index is 1.97. The molecule has 2 atom stereocenters. The molecule has 2 aliphatic rings. The first kappa shape index (κ1) is 14.1. The van der Waals surface area contributed by atoms with Crippen LogP contribution in [0.15, 0.2) is 0 Å². The molecular formula is C13H22N2O4. The van der Waals surface area contributed by atoms with Gasteiger partial charge in [-0.3, -0.25) is 0 Å². The number of amides is 2. The van der Waals surface area contributed by atoms with Crippen LogP contribution >= 0.6 is 0 Å². The molecular weight excluding hydrogens is 248 g/mol. The fourth-order valence-electron chi connectivity index (χ4n) is 2.66. The summed E-state index contributed by atoms with van der Waals surface area (Å²) in [5.74, 6) is -0.896. The van der Waals surface area contributed by atoms with E-state index < -0.39 is 12.0 Å². The van der Waals surface area contributed by atoms with Crippen molar-refractivity contribution in [3.8, 4) is 0 Å². The molecule has 19 heavy (non-hydrogen) atoms. The van der Waals surface area contributed by atoms with E-state index in [1.165, 1.54) is 0 Å². The van der Waals surface area contributed by atoms with Gasteiger partial charge < -0.3 is 20.4 Å². The Morgan fingerprint density at radius 2 is 1.95 bits per heavy atom. The third-order valence-corrected chi connectivity index (χ3v) is 3.99. The molecule has 6 heteroatoms. The fourth-order valence-corrected chi connectivity index (χ4v) is 2.66. The van der Waals surface area contributed by atoms with E-state index in [-0.39, 0.29) is 24.6 Å². The second-order valence-electron chi connectivity index (χ2n) is 5.48. The minimum Gasteiger partial charge on any atom is -0.480 e. The molecule has 1 saturated carbocycles. The second kappa shape index (κ2) is 6.23. The van der Waals surface area contributed by atoms with E-state index >= 15 is 0 Å². The van der Waals surface area contributed by atoms with Gasteiger partial charge >= 0.3 is 12.0 Å². The average molecular weight is 270 g/mol. The van der Waals surface area contributed by atoms with Crippen LogP contribution in [0, 0.1) is 5.92 Å². The van der Waals surface area contributed by atoms with Gasteiger partial charge in [0.15, 0.2) is 0 Å². The molecule has 1 aliphatic carbocycles. The van der Waals surface area contributed by atoms with Gasteiger partial charge in [-0.05, 0) is 31.6 Å². The van der Waals surface area contributed by atoms with Crippen molar-refractivity contribution in [1.82, 2.24) is 10.2 Å². The highest BCUT2D eigenvalue weighted by Gasteiger charge is 2.38. The number of hydrogen-bond acceptors (Lipinski definition) is 3. The molecule has 1 aliphatic heterocycles. The highest BCUT2D eigenvalue weighted by Crippen LogP contribution is 2.33. The number of likely N-dealkylation sites (tertiary alicyclic amines) is 1. The van der Waals surface area contributed by atoms with Crippen molar-refractivity contribution in [2.75, 3.05) is 13.2 Å². The lowest BCUT2D eigenvalue weighted by atomic mass is 10.1. The summed E-state index contributed by atoms with van der Waals surface area (Å²) in [6, 6.07) is -1.31. The van der Waals surface area contributed by atoms with Crippen molar-refractivity contribution >= 4 is 12.0 Å². The number of carbonyl (C=O) groups is 2. The Labute approximate surface area is 112 Å². The highest BCUT2D eigenvalue weighted by atomic mass is 16.4. The normalized spacial score (nSPS) is 25.5. The van der Waals surface area contributed by atoms with Crippen molar-refractivity contribution in [2.45, 2.75) is 50.6 Å². The van der Waals surface area contributed by atoms with Gasteiger partial charge in [0.05, 0.1) is 12.6 Å². The van der Waals surface area contributed by atoms with E-state index in [1.54, 1.807) is 4.90 Å². The zero-order chi connectivity index (χ0) is 13.8. The molecule has 1 heterocycles. The molecule has 0 aromatic heterocycles. The summed E-state index contributed by atoms with van der Waals surface area (Å²) in [6.45, 7) is 0.530. The summed E-state index contributed by atoms with van der Waals surface area (Å²) in [5.41, 5.74) is 0. The van der Waals surface area contributed by atoms with Gasteiger partial charge in [0.25, 0.3) is 0 Å². The van der Waals surface area contributed by atoms with Gasteiger partial charge in [-0.2, -0.15) is 0 Å². The summed E-state index contributed by atoms with van der Waals surface area (Å²) in [5, 5.41) is 21.1. The van der Waals surface area contributed by atoms with Crippen LogP contribution in [0.3, 0.4) is 0 Å². The molecule has 2 unspecified atom stereocenters. The number of carboxylic acids is 1. The van der Waals surface area contributed by atoms with Crippen molar-refractivity contribution in [1.29, 1.82) is 0 Å². The van der Waals surface area contributed by atoms with Gasteiger partial charge in [0.2, 0.25) is 0 Å². The smallest absolute Gasteiger partial charge is 0.326 e. The molecule has 2 fully saturated rings. The largest absolute Gasteiger partial charge is 0.480 e. The number of rotatable bonds is 4. The third kappa shape index (κ3) is 3.59. The summed E-state index contributed by atoms with van der Waals surface area (Å²) >= 11 is 0. The lowest BCUT2D eigenvalue weighted by molar-refractivity contribution is -0.139. The Morgan fingerprint density at radius 3 is 2.53 bits per heavy atom. The van der Waals surface area contributed by atoms with Crippen LogP contribution in [0.2, 0.25) is 0 Å². The Hall–Kier alpha value is -1.30. The van der Waals surface area contributed by atoms with Gasteiger partial charge in [-0.25, -0.2) is 9.59 Å². The van der Waals surface area contributed by atoms with E-state index in [1.807, 2.05) is 0 Å². The fraction of sp³-hybridized carbons (Fsp3) is 0.846. The molecule has 0 radical (unpaired) electrons. The van der Waals surface area contributed by atoms with E-state index in [0.717, 1.165) is 38.5 Å². The molecule has 0 aromatic rings. The van der Waals surface area contributed by atoms with Crippen LogP contribution in [0.4, 0.5) is 4.79 Å². The highest BCUT2D eigenvalue weighted by molar-refractivity contribution is 5.83. The first-order valence-electron chi connectivity index (χ1n) is 7.04. The zero-order valence-electron chi connectivity index (χ0n) is 11.0. The van der Waals surface area contributed by atoms with Crippen LogP contribution in [0.5, 0.6) is 0 Å². The SMILES string of the molecule is O=C(O)C(NC(=O)N1CCCCCC1CO)C1CC1. The maximum atomic E-state index is 12.2. The van der Waals surface area contributed by atoms with Crippen LogP contribution in [-0.4, -0.2) is 52.3 Å². The van der Waals surface area contributed by atoms with Crippen molar-refractivity contribution < 1.29 is 19.8 Å². The molecule has 1 saturated heterocycles. The van der Waals surface area contributed by atoms with E-state index in [4.69, 9.17) is 5.11 Å².